The van der Waals surface area contributed by atoms with Gasteiger partial charge in [0, 0.05) is 17.3 Å². The highest BCUT2D eigenvalue weighted by Gasteiger charge is 2.30. The summed E-state index contributed by atoms with van der Waals surface area (Å²) in [6, 6.07) is 0.598. The monoisotopic (exact) mass is 245 g/mol. The summed E-state index contributed by atoms with van der Waals surface area (Å²) in [5.41, 5.74) is 2.66. The highest BCUT2D eigenvalue weighted by atomic mass is 15.0. The number of nitrogens with one attached hydrogen (secondary N) is 1. The maximum absolute atomic E-state index is 4.49. The van der Waals surface area contributed by atoms with Crippen LogP contribution in [0.2, 0.25) is 0 Å². The smallest absolute Gasteiger partial charge is 0.133 e. The highest BCUT2D eigenvalue weighted by molar-refractivity contribution is 5.48. The van der Waals surface area contributed by atoms with Crippen LogP contribution >= 0.6 is 0 Å². The molecule has 3 rings (SSSR count). The van der Waals surface area contributed by atoms with E-state index in [-0.39, 0.29) is 0 Å². The molecule has 0 bridgehead atoms. The lowest BCUT2D eigenvalue weighted by atomic mass is 9.95. The summed E-state index contributed by atoms with van der Waals surface area (Å²) in [6.07, 6.45) is 9.19. The Balaban J connectivity index is 1.80. The number of hydrogen-bond donors (Lipinski definition) is 1. The Labute approximate surface area is 109 Å². The van der Waals surface area contributed by atoms with E-state index in [2.05, 4.69) is 29.1 Å². The van der Waals surface area contributed by atoms with Gasteiger partial charge in [-0.2, -0.15) is 0 Å². The molecular weight excluding hydrogens is 222 g/mol. The molecule has 0 spiro atoms. The van der Waals surface area contributed by atoms with Crippen molar-refractivity contribution in [2.45, 2.75) is 58.4 Å². The van der Waals surface area contributed by atoms with Crippen LogP contribution in [0.1, 0.15) is 50.8 Å². The first-order valence-electron chi connectivity index (χ1n) is 7.35. The minimum absolute atomic E-state index is 0.598. The predicted molar refractivity (Wildman–Crippen MR) is 73.6 cm³/mol. The Kier molecular flexibility index (Phi) is 3.23. The zero-order valence-electron chi connectivity index (χ0n) is 11.4. The van der Waals surface area contributed by atoms with Crippen LogP contribution in [0.25, 0.3) is 0 Å². The second-order valence-electron chi connectivity index (χ2n) is 6.02. The van der Waals surface area contributed by atoms with Crippen molar-refractivity contribution in [2.24, 2.45) is 11.8 Å². The van der Waals surface area contributed by atoms with Gasteiger partial charge in [-0.3, -0.25) is 0 Å². The summed E-state index contributed by atoms with van der Waals surface area (Å²) in [6.45, 7) is 4.73. The van der Waals surface area contributed by atoms with Gasteiger partial charge in [-0.05, 0) is 50.4 Å². The molecule has 3 unspecified atom stereocenters. The van der Waals surface area contributed by atoms with E-state index in [9.17, 15) is 0 Å². The van der Waals surface area contributed by atoms with Crippen molar-refractivity contribution in [3.05, 3.63) is 17.6 Å². The van der Waals surface area contributed by atoms with E-state index in [1.807, 2.05) is 0 Å². The fraction of sp³-hybridized carbons (Fsp3) is 0.733. The number of rotatable bonds is 2. The summed E-state index contributed by atoms with van der Waals surface area (Å²) in [5, 5.41) is 3.70. The molecule has 1 saturated carbocycles. The van der Waals surface area contributed by atoms with E-state index in [0.717, 1.165) is 30.5 Å². The van der Waals surface area contributed by atoms with Crippen LogP contribution < -0.4 is 5.32 Å². The van der Waals surface area contributed by atoms with Crippen LogP contribution in [-0.4, -0.2) is 16.0 Å². The molecule has 2 aliphatic carbocycles. The largest absolute Gasteiger partial charge is 0.367 e. The number of anilines is 1. The summed E-state index contributed by atoms with van der Waals surface area (Å²) in [5.74, 6) is 2.70. The Hall–Kier alpha value is -1.12. The van der Waals surface area contributed by atoms with E-state index in [1.54, 1.807) is 6.33 Å². The SMILES string of the molecule is CC1CCC(Nc2ncnc3c2CCCC3)C1C. The molecule has 0 aromatic carbocycles. The van der Waals surface area contributed by atoms with Gasteiger partial charge in [0.05, 0.1) is 0 Å². The molecular formula is C15H23N3. The molecule has 0 radical (unpaired) electrons. The van der Waals surface area contributed by atoms with E-state index >= 15 is 0 Å². The molecule has 0 amide bonds. The number of nitrogens with zero attached hydrogens (tertiary/aromatic N) is 2. The number of aromatic nitrogens is 2. The van der Waals surface area contributed by atoms with Gasteiger partial charge in [0.2, 0.25) is 0 Å². The first kappa shape index (κ1) is 11.9. The summed E-state index contributed by atoms with van der Waals surface area (Å²) in [4.78, 5) is 8.93. The van der Waals surface area contributed by atoms with Gasteiger partial charge in [0.15, 0.2) is 0 Å². The lowest BCUT2D eigenvalue weighted by Crippen LogP contribution is -2.26. The Bertz CT molecular complexity index is 430. The predicted octanol–water partition coefficient (Wildman–Crippen LogP) is 3.20. The highest BCUT2D eigenvalue weighted by Crippen LogP contribution is 2.34. The summed E-state index contributed by atoms with van der Waals surface area (Å²) >= 11 is 0. The summed E-state index contributed by atoms with van der Waals surface area (Å²) in [7, 11) is 0. The van der Waals surface area contributed by atoms with Crippen molar-refractivity contribution >= 4 is 5.82 Å². The van der Waals surface area contributed by atoms with E-state index < -0.39 is 0 Å². The lowest BCUT2D eigenvalue weighted by molar-refractivity contribution is 0.434. The molecule has 3 atom stereocenters. The Morgan fingerprint density at radius 2 is 1.94 bits per heavy atom. The second kappa shape index (κ2) is 4.87. The maximum atomic E-state index is 4.49. The Morgan fingerprint density at radius 1 is 1.11 bits per heavy atom. The number of hydrogen-bond acceptors (Lipinski definition) is 3. The van der Waals surface area contributed by atoms with Crippen LogP contribution in [0.3, 0.4) is 0 Å². The van der Waals surface area contributed by atoms with Gasteiger partial charge >= 0.3 is 0 Å². The van der Waals surface area contributed by atoms with Crippen molar-refractivity contribution < 1.29 is 0 Å². The number of aryl methyl sites for hydroxylation is 1. The lowest BCUT2D eigenvalue weighted by Gasteiger charge is -2.24. The average Bonchev–Trinajstić information content (AvgIpc) is 2.71. The quantitative estimate of drug-likeness (QED) is 0.869. The molecule has 1 fully saturated rings. The third-order valence-electron chi connectivity index (χ3n) is 4.91. The fourth-order valence-corrected chi connectivity index (χ4v) is 3.39. The van der Waals surface area contributed by atoms with Crippen molar-refractivity contribution in [2.75, 3.05) is 5.32 Å². The molecule has 1 N–H and O–H groups in total. The Morgan fingerprint density at radius 3 is 2.72 bits per heavy atom. The van der Waals surface area contributed by atoms with E-state index in [4.69, 9.17) is 0 Å². The van der Waals surface area contributed by atoms with Crippen LogP contribution in [0.5, 0.6) is 0 Å². The first-order valence-corrected chi connectivity index (χ1v) is 7.35. The van der Waals surface area contributed by atoms with Crippen molar-refractivity contribution in [3.63, 3.8) is 0 Å². The molecule has 3 nitrogen and oxygen atoms in total. The van der Waals surface area contributed by atoms with Crippen molar-refractivity contribution in [1.82, 2.24) is 9.97 Å². The molecule has 2 aliphatic rings. The molecule has 1 aromatic heterocycles. The first-order chi connectivity index (χ1) is 8.75. The topological polar surface area (TPSA) is 37.8 Å². The zero-order chi connectivity index (χ0) is 12.5. The van der Waals surface area contributed by atoms with Crippen LogP contribution in [-0.2, 0) is 12.8 Å². The van der Waals surface area contributed by atoms with Crippen LogP contribution in [0.4, 0.5) is 5.82 Å². The van der Waals surface area contributed by atoms with Gasteiger partial charge in [0.1, 0.15) is 12.1 Å². The average molecular weight is 245 g/mol. The third kappa shape index (κ3) is 2.11. The summed E-state index contributed by atoms with van der Waals surface area (Å²) < 4.78 is 0. The normalized spacial score (nSPS) is 31.1. The molecule has 1 aromatic rings. The fourth-order valence-electron chi connectivity index (χ4n) is 3.39. The maximum Gasteiger partial charge on any atom is 0.133 e. The molecule has 0 saturated heterocycles. The van der Waals surface area contributed by atoms with Crippen LogP contribution in [0.15, 0.2) is 6.33 Å². The second-order valence-corrected chi connectivity index (χ2v) is 6.02. The van der Waals surface area contributed by atoms with Gasteiger partial charge in [-0.1, -0.05) is 13.8 Å². The van der Waals surface area contributed by atoms with Gasteiger partial charge in [-0.25, -0.2) is 9.97 Å². The molecule has 98 valence electrons. The van der Waals surface area contributed by atoms with Gasteiger partial charge in [0.25, 0.3) is 0 Å². The van der Waals surface area contributed by atoms with Gasteiger partial charge < -0.3 is 5.32 Å². The standard InChI is InChI=1S/C15H23N3/c1-10-7-8-13(11(10)2)18-15-12-5-3-4-6-14(12)16-9-17-15/h9-11,13H,3-8H2,1-2H3,(H,16,17,18). The van der Waals surface area contributed by atoms with Crippen LogP contribution in [0, 0.1) is 11.8 Å². The van der Waals surface area contributed by atoms with Gasteiger partial charge in [-0.15, -0.1) is 0 Å². The van der Waals surface area contributed by atoms with Crippen molar-refractivity contribution in [3.8, 4) is 0 Å². The van der Waals surface area contributed by atoms with Crippen molar-refractivity contribution in [1.29, 1.82) is 0 Å². The molecule has 18 heavy (non-hydrogen) atoms. The minimum atomic E-state index is 0.598. The zero-order valence-corrected chi connectivity index (χ0v) is 11.4. The molecule has 1 heterocycles. The number of fused-ring (bicyclic) bond motifs is 1. The van der Waals surface area contributed by atoms with E-state index in [0.29, 0.717) is 6.04 Å². The third-order valence-corrected chi connectivity index (χ3v) is 4.91. The minimum Gasteiger partial charge on any atom is -0.367 e. The molecule has 0 aliphatic heterocycles. The van der Waals surface area contributed by atoms with E-state index in [1.165, 1.54) is 36.9 Å². The molecule has 3 heteroatoms.